The molecule has 0 radical (unpaired) electrons. The normalized spacial score (nSPS) is 11.3. The summed E-state index contributed by atoms with van der Waals surface area (Å²) in [6.07, 6.45) is 3.99. The summed E-state index contributed by atoms with van der Waals surface area (Å²) < 4.78 is 2.02. The molecule has 1 aromatic heterocycles. The summed E-state index contributed by atoms with van der Waals surface area (Å²) in [5, 5.41) is 3.12. The van der Waals surface area contributed by atoms with Crippen LogP contribution in [0, 0.1) is 0 Å². The molecule has 0 spiro atoms. The molecule has 58 valence electrons. The molecule has 0 aromatic carbocycles. The lowest BCUT2D eigenvalue weighted by Crippen LogP contribution is -1.87. The fraction of sp³-hybridized carbons (Fsp3) is 0. The van der Waals surface area contributed by atoms with Crippen LogP contribution in [0.2, 0.25) is 0 Å². The predicted octanol–water partition coefficient (Wildman–Crippen LogP) is 2.37. The number of hydrogen-bond acceptors (Lipinski definition) is 0. The molecule has 0 atom stereocenters. The van der Waals surface area contributed by atoms with Gasteiger partial charge in [-0.2, -0.15) is 0 Å². The van der Waals surface area contributed by atoms with E-state index in [0.717, 1.165) is 0 Å². The first-order chi connectivity index (χ1) is 5.95. The molecule has 2 heteroatoms. The van der Waals surface area contributed by atoms with Crippen LogP contribution in [0.1, 0.15) is 0 Å². The summed E-state index contributed by atoms with van der Waals surface area (Å²) in [6.45, 7) is 0. The van der Waals surface area contributed by atoms with Crippen LogP contribution in [0.5, 0.6) is 0 Å². The molecule has 0 fully saturated rings. The Labute approximate surface area is 69.8 Å². The Morgan fingerprint density at radius 3 is 3.08 bits per heavy atom. The number of aromatic amines is 1. The van der Waals surface area contributed by atoms with Gasteiger partial charge in [0.2, 0.25) is 0 Å². The van der Waals surface area contributed by atoms with Gasteiger partial charge < -0.3 is 5.10 Å². The lowest BCUT2D eigenvalue weighted by Gasteiger charge is -2.00. The zero-order valence-electron chi connectivity index (χ0n) is 6.49. The number of hydrogen-bond donors (Lipinski definition) is 1. The smallest absolute Gasteiger partial charge is 0.0716 e. The summed E-state index contributed by atoms with van der Waals surface area (Å²) in [4.78, 5) is 0. The highest BCUT2D eigenvalue weighted by molar-refractivity contribution is 5.81. The topological polar surface area (TPSA) is 20.2 Å². The van der Waals surface area contributed by atoms with E-state index in [1.54, 1.807) is 0 Å². The van der Waals surface area contributed by atoms with E-state index in [1.807, 2.05) is 16.9 Å². The van der Waals surface area contributed by atoms with Crippen molar-refractivity contribution in [1.29, 1.82) is 0 Å². The molecule has 1 aliphatic heterocycles. The maximum absolute atomic E-state index is 3.12. The Bertz CT molecular complexity index is 489. The van der Waals surface area contributed by atoms with E-state index in [0.29, 0.717) is 0 Å². The molecule has 3 rings (SSSR count). The second-order valence-electron chi connectivity index (χ2n) is 2.93. The van der Waals surface area contributed by atoms with Crippen LogP contribution in [-0.4, -0.2) is 9.61 Å². The van der Waals surface area contributed by atoms with Gasteiger partial charge >= 0.3 is 0 Å². The van der Waals surface area contributed by atoms with Crippen LogP contribution in [0.25, 0.3) is 16.6 Å². The highest BCUT2D eigenvalue weighted by Gasteiger charge is 2.05. The average Bonchev–Trinajstić information content (AvgIpc) is 2.71. The van der Waals surface area contributed by atoms with Crippen molar-refractivity contribution in [3.8, 4) is 11.1 Å². The SMILES string of the molecule is c1cc2ccn3[nH]ccc3c-2c1. The van der Waals surface area contributed by atoms with E-state index >= 15 is 0 Å². The molecule has 0 unspecified atom stereocenters. The number of pyridine rings is 1. The highest BCUT2D eigenvalue weighted by atomic mass is 15.2. The number of aromatic nitrogens is 2. The minimum atomic E-state index is 1.23. The van der Waals surface area contributed by atoms with E-state index in [-0.39, 0.29) is 0 Å². The van der Waals surface area contributed by atoms with Crippen LogP contribution in [0.4, 0.5) is 0 Å². The Balaban J connectivity index is 2.61. The fourth-order valence-corrected chi connectivity index (χ4v) is 1.66. The summed E-state index contributed by atoms with van der Waals surface area (Å²) in [7, 11) is 0. The van der Waals surface area contributed by atoms with Gasteiger partial charge in [0.15, 0.2) is 0 Å². The predicted molar refractivity (Wildman–Crippen MR) is 48.4 cm³/mol. The maximum Gasteiger partial charge on any atom is 0.0716 e. The van der Waals surface area contributed by atoms with Crippen molar-refractivity contribution in [3.05, 3.63) is 42.7 Å². The Hall–Kier alpha value is -1.70. The molecule has 0 bridgehead atoms. The Morgan fingerprint density at radius 2 is 2.08 bits per heavy atom. The molecule has 2 heterocycles. The van der Waals surface area contributed by atoms with Crippen molar-refractivity contribution in [1.82, 2.24) is 9.61 Å². The molecule has 1 aliphatic carbocycles. The lowest BCUT2D eigenvalue weighted by atomic mass is 10.1. The van der Waals surface area contributed by atoms with Gasteiger partial charge in [-0.1, -0.05) is 18.2 Å². The van der Waals surface area contributed by atoms with Crippen LogP contribution in [0.15, 0.2) is 42.7 Å². The number of H-pyrrole nitrogens is 1. The minimum Gasteiger partial charge on any atom is -0.302 e. The third-order valence-corrected chi connectivity index (χ3v) is 2.24. The Morgan fingerprint density at radius 1 is 1.08 bits per heavy atom. The molecule has 2 aliphatic rings. The zero-order valence-corrected chi connectivity index (χ0v) is 6.49. The fourth-order valence-electron chi connectivity index (χ4n) is 1.66. The van der Waals surface area contributed by atoms with Gasteiger partial charge in [-0.3, -0.25) is 4.52 Å². The highest BCUT2D eigenvalue weighted by Crippen LogP contribution is 2.26. The molecule has 2 nitrogen and oxygen atoms in total. The van der Waals surface area contributed by atoms with Gasteiger partial charge in [0.05, 0.1) is 5.52 Å². The molecule has 0 saturated heterocycles. The van der Waals surface area contributed by atoms with Crippen molar-refractivity contribution in [2.45, 2.75) is 0 Å². The first-order valence-electron chi connectivity index (χ1n) is 3.98. The van der Waals surface area contributed by atoms with Gasteiger partial charge in [0, 0.05) is 18.0 Å². The Kier molecular flexibility index (Phi) is 0.939. The van der Waals surface area contributed by atoms with Gasteiger partial charge in [0.1, 0.15) is 0 Å². The first-order valence-corrected chi connectivity index (χ1v) is 3.98. The van der Waals surface area contributed by atoms with Crippen molar-refractivity contribution >= 4 is 5.52 Å². The van der Waals surface area contributed by atoms with Crippen LogP contribution in [-0.2, 0) is 0 Å². The van der Waals surface area contributed by atoms with E-state index in [2.05, 4.69) is 35.4 Å². The number of nitrogens with zero attached hydrogens (tertiary/aromatic N) is 1. The van der Waals surface area contributed by atoms with Crippen molar-refractivity contribution in [2.24, 2.45) is 0 Å². The summed E-state index contributed by atoms with van der Waals surface area (Å²) in [6, 6.07) is 10.5. The third kappa shape index (κ3) is 0.593. The molecular weight excluding hydrogens is 148 g/mol. The first kappa shape index (κ1) is 5.89. The second kappa shape index (κ2) is 1.91. The summed E-state index contributed by atoms with van der Waals surface area (Å²) in [5.74, 6) is 0. The largest absolute Gasteiger partial charge is 0.302 e. The number of nitrogens with one attached hydrogen (secondary N) is 1. The quantitative estimate of drug-likeness (QED) is 0.515. The van der Waals surface area contributed by atoms with Crippen LogP contribution in [0.3, 0.4) is 0 Å². The third-order valence-electron chi connectivity index (χ3n) is 2.24. The molecule has 0 saturated carbocycles. The second-order valence-corrected chi connectivity index (χ2v) is 2.93. The van der Waals surface area contributed by atoms with Crippen molar-refractivity contribution in [2.75, 3.05) is 0 Å². The standard InChI is InChI=1S/C10H8N2/c1-2-8-5-7-12-10(4-6-11-12)9(8)3-1/h1-7,11H. The van der Waals surface area contributed by atoms with Gasteiger partial charge in [-0.15, -0.1) is 0 Å². The van der Waals surface area contributed by atoms with Crippen molar-refractivity contribution in [3.63, 3.8) is 0 Å². The monoisotopic (exact) mass is 156 g/mol. The van der Waals surface area contributed by atoms with E-state index in [1.165, 1.54) is 16.6 Å². The van der Waals surface area contributed by atoms with E-state index < -0.39 is 0 Å². The zero-order chi connectivity index (χ0) is 7.97. The molecule has 1 aromatic rings. The molecule has 0 amide bonds. The molecule has 1 N–H and O–H groups in total. The van der Waals surface area contributed by atoms with Crippen LogP contribution < -0.4 is 0 Å². The average molecular weight is 156 g/mol. The summed E-state index contributed by atoms with van der Waals surface area (Å²) >= 11 is 0. The van der Waals surface area contributed by atoms with E-state index in [4.69, 9.17) is 0 Å². The minimum absolute atomic E-state index is 1.23. The van der Waals surface area contributed by atoms with Gasteiger partial charge in [0.25, 0.3) is 0 Å². The lowest BCUT2D eigenvalue weighted by molar-refractivity contribution is 0.962. The summed E-state index contributed by atoms with van der Waals surface area (Å²) in [5.41, 5.74) is 3.84. The van der Waals surface area contributed by atoms with Gasteiger partial charge in [-0.05, 0) is 17.7 Å². The van der Waals surface area contributed by atoms with E-state index in [9.17, 15) is 0 Å². The van der Waals surface area contributed by atoms with Crippen molar-refractivity contribution < 1.29 is 0 Å². The van der Waals surface area contributed by atoms with Gasteiger partial charge in [-0.25, -0.2) is 0 Å². The molecular formula is C10H8N2. The number of fused-ring (bicyclic) bond motifs is 3. The maximum atomic E-state index is 3.12. The number of rotatable bonds is 0. The molecule has 12 heavy (non-hydrogen) atoms. The van der Waals surface area contributed by atoms with Crippen LogP contribution >= 0.6 is 0 Å².